The fourth-order valence-corrected chi connectivity index (χ4v) is 1.95. The first-order valence-corrected chi connectivity index (χ1v) is 6.79. The summed E-state index contributed by atoms with van der Waals surface area (Å²) in [4.78, 5) is 19.1. The molecule has 1 amide bonds. The first kappa shape index (κ1) is 14.9. The molecule has 21 heavy (non-hydrogen) atoms. The number of rotatable bonds is 7. The molecule has 112 valence electrons. The van der Waals surface area contributed by atoms with Gasteiger partial charge in [0.25, 0.3) is 5.91 Å². The lowest BCUT2D eigenvalue weighted by molar-refractivity contribution is -0.124. The van der Waals surface area contributed by atoms with Crippen molar-refractivity contribution in [1.29, 1.82) is 0 Å². The summed E-state index contributed by atoms with van der Waals surface area (Å²) < 4.78 is 10.7. The van der Waals surface area contributed by atoms with Crippen LogP contribution in [0.4, 0.5) is 0 Å². The van der Waals surface area contributed by atoms with E-state index < -0.39 is 0 Å². The van der Waals surface area contributed by atoms with Gasteiger partial charge in [0.05, 0.1) is 13.2 Å². The van der Waals surface area contributed by atoms with Crippen LogP contribution in [0.2, 0.25) is 0 Å². The van der Waals surface area contributed by atoms with Crippen LogP contribution < -0.4 is 14.8 Å². The molecule has 0 radical (unpaired) electrons. The van der Waals surface area contributed by atoms with Crippen molar-refractivity contribution in [2.75, 3.05) is 13.7 Å². The molecule has 2 rings (SSSR count). The Morgan fingerprint density at radius 2 is 2.14 bits per heavy atom. The maximum absolute atomic E-state index is 12.0. The summed E-state index contributed by atoms with van der Waals surface area (Å²) in [6.07, 6.45) is 4.14. The van der Waals surface area contributed by atoms with Crippen molar-refractivity contribution in [2.24, 2.45) is 0 Å². The third-order valence-corrected chi connectivity index (χ3v) is 3.02. The van der Waals surface area contributed by atoms with E-state index >= 15 is 0 Å². The number of amides is 1. The zero-order chi connectivity index (χ0) is 15.1. The Kier molecular flexibility index (Phi) is 5.20. The second kappa shape index (κ2) is 7.33. The van der Waals surface area contributed by atoms with Crippen molar-refractivity contribution < 1.29 is 14.3 Å². The summed E-state index contributed by atoms with van der Waals surface area (Å²) in [5, 5.41) is 2.88. The van der Waals surface area contributed by atoms with Gasteiger partial charge in [-0.2, -0.15) is 0 Å². The van der Waals surface area contributed by atoms with Crippen LogP contribution in [0.3, 0.4) is 0 Å². The first-order valence-electron chi connectivity index (χ1n) is 6.79. The topological polar surface area (TPSA) is 76.2 Å². The number of carbonyl (C=O) groups excluding carboxylic acids is 1. The predicted molar refractivity (Wildman–Crippen MR) is 78.3 cm³/mol. The number of imidazole rings is 1. The Labute approximate surface area is 123 Å². The molecule has 6 nitrogen and oxygen atoms in total. The molecule has 1 aromatic carbocycles. The van der Waals surface area contributed by atoms with E-state index in [0.717, 1.165) is 12.2 Å². The number of ether oxygens (including phenoxy) is 2. The van der Waals surface area contributed by atoms with Gasteiger partial charge in [0.1, 0.15) is 5.82 Å². The van der Waals surface area contributed by atoms with E-state index in [0.29, 0.717) is 11.5 Å². The number of hydrogen-bond donors (Lipinski definition) is 2. The minimum atomic E-state index is -0.204. The highest BCUT2D eigenvalue weighted by Gasteiger charge is 2.15. The van der Waals surface area contributed by atoms with E-state index in [4.69, 9.17) is 9.47 Å². The molecule has 0 bridgehead atoms. The first-order chi connectivity index (χ1) is 10.2. The zero-order valence-corrected chi connectivity index (χ0v) is 12.1. The summed E-state index contributed by atoms with van der Waals surface area (Å²) in [6, 6.07) is 7.07. The summed E-state index contributed by atoms with van der Waals surface area (Å²) in [5.74, 6) is 1.68. The van der Waals surface area contributed by atoms with E-state index in [1.54, 1.807) is 31.6 Å². The average molecular weight is 289 g/mol. The molecule has 0 aliphatic rings. The lowest BCUT2D eigenvalue weighted by atomic mass is 10.2. The molecular weight excluding hydrogens is 270 g/mol. The average Bonchev–Trinajstić information content (AvgIpc) is 3.05. The number of methoxy groups -OCH3 is 1. The second-order valence-corrected chi connectivity index (χ2v) is 4.44. The van der Waals surface area contributed by atoms with Crippen molar-refractivity contribution in [2.45, 2.75) is 19.4 Å². The Balaban J connectivity index is 1.90. The lowest BCUT2D eigenvalue weighted by Gasteiger charge is -2.15. The molecule has 0 aliphatic carbocycles. The minimum absolute atomic E-state index is 0.0718. The lowest BCUT2D eigenvalue weighted by Crippen LogP contribution is -2.33. The number of nitrogens with zero attached hydrogens (tertiary/aromatic N) is 1. The van der Waals surface area contributed by atoms with Gasteiger partial charge in [0.15, 0.2) is 18.1 Å². The van der Waals surface area contributed by atoms with E-state index in [1.165, 1.54) is 0 Å². The van der Waals surface area contributed by atoms with Crippen molar-refractivity contribution >= 4 is 5.91 Å². The fourth-order valence-electron chi connectivity index (χ4n) is 1.95. The third kappa shape index (κ3) is 3.98. The standard InChI is InChI=1S/C15H19N3O3/c1-3-11(15-16-8-9-17-15)18-14(19)10-21-13-7-5-4-6-12(13)20-2/h4-9,11H,3,10H2,1-2H3,(H,16,17)(H,18,19). The zero-order valence-electron chi connectivity index (χ0n) is 12.1. The number of H-pyrrole nitrogens is 1. The van der Waals surface area contributed by atoms with Gasteiger partial charge in [-0.05, 0) is 18.6 Å². The van der Waals surface area contributed by atoms with Crippen LogP contribution in [0.15, 0.2) is 36.7 Å². The predicted octanol–water partition coefficient (Wildman–Crippen LogP) is 2.06. The number of nitrogens with one attached hydrogen (secondary N) is 2. The van der Waals surface area contributed by atoms with Gasteiger partial charge in [-0.1, -0.05) is 19.1 Å². The van der Waals surface area contributed by atoms with Crippen molar-refractivity contribution in [1.82, 2.24) is 15.3 Å². The molecule has 0 aliphatic heterocycles. The highest BCUT2D eigenvalue weighted by Crippen LogP contribution is 2.25. The SMILES string of the molecule is CCC(NC(=O)COc1ccccc1OC)c1ncc[nH]1. The van der Waals surface area contributed by atoms with Gasteiger partial charge in [0.2, 0.25) is 0 Å². The molecule has 2 N–H and O–H groups in total. The van der Waals surface area contributed by atoms with Crippen LogP contribution >= 0.6 is 0 Å². The molecule has 1 aromatic heterocycles. The summed E-state index contributed by atoms with van der Waals surface area (Å²) in [7, 11) is 1.56. The number of hydrogen-bond acceptors (Lipinski definition) is 4. The number of carbonyl (C=O) groups is 1. The van der Waals surface area contributed by atoms with E-state index in [9.17, 15) is 4.79 Å². The molecular formula is C15H19N3O3. The monoisotopic (exact) mass is 289 g/mol. The maximum atomic E-state index is 12.0. The molecule has 0 saturated heterocycles. The van der Waals surface area contributed by atoms with E-state index in [-0.39, 0.29) is 18.6 Å². The molecule has 0 spiro atoms. The van der Waals surface area contributed by atoms with Gasteiger partial charge in [0, 0.05) is 12.4 Å². The van der Waals surface area contributed by atoms with Crippen LogP contribution in [-0.2, 0) is 4.79 Å². The summed E-state index contributed by atoms with van der Waals surface area (Å²) in [6.45, 7) is 1.91. The van der Waals surface area contributed by atoms with Gasteiger partial charge in [-0.15, -0.1) is 0 Å². The van der Waals surface area contributed by atoms with Crippen LogP contribution in [0.5, 0.6) is 11.5 Å². The minimum Gasteiger partial charge on any atom is -0.493 e. The van der Waals surface area contributed by atoms with Gasteiger partial charge >= 0.3 is 0 Å². The molecule has 1 atom stereocenters. The largest absolute Gasteiger partial charge is 0.493 e. The van der Waals surface area contributed by atoms with Crippen LogP contribution in [0.25, 0.3) is 0 Å². The molecule has 2 aromatic rings. The molecule has 1 unspecified atom stereocenters. The van der Waals surface area contributed by atoms with Crippen LogP contribution in [0, 0.1) is 0 Å². The smallest absolute Gasteiger partial charge is 0.258 e. The van der Waals surface area contributed by atoms with Crippen molar-refractivity contribution in [3.63, 3.8) is 0 Å². The Hall–Kier alpha value is -2.50. The Morgan fingerprint density at radius 1 is 1.38 bits per heavy atom. The number of aromatic amines is 1. The van der Waals surface area contributed by atoms with E-state index in [2.05, 4.69) is 15.3 Å². The highest BCUT2D eigenvalue weighted by molar-refractivity contribution is 5.78. The number of para-hydroxylation sites is 2. The van der Waals surface area contributed by atoms with Gasteiger partial charge in [-0.25, -0.2) is 4.98 Å². The summed E-state index contributed by atoms with van der Waals surface area (Å²) in [5.41, 5.74) is 0. The van der Waals surface area contributed by atoms with Gasteiger partial charge in [-0.3, -0.25) is 4.79 Å². The second-order valence-electron chi connectivity index (χ2n) is 4.44. The summed E-state index contributed by atoms with van der Waals surface area (Å²) >= 11 is 0. The van der Waals surface area contributed by atoms with Gasteiger partial charge < -0.3 is 19.8 Å². The molecule has 0 saturated carbocycles. The Morgan fingerprint density at radius 3 is 2.76 bits per heavy atom. The number of benzene rings is 1. The van der Waals surface area contributed by atoms with Crippen LogP contribution in [0.1, 0.15) is 25.2 Å². The molecule has 0 fully saturated rings. The maximum Gasteiger partial charge on any atom is 0.258 e. The van der Waals surface area contributed by atoms with Crippen LogP contribution in [-0.4, -0.2) is 29.6 Å². The quantitative estimate of drug-likeness (QED) is 0.818. The normalized spacial score (nSPS) is 11.7. The fraction of sp³-hybridized carbons (Fsp3) is 0.333. The van der Waals surface area contributed by atoms with Crippen molar-refractivity contribution in [3.8, 4) is 11.5 Å². The Bertz CT molecular complexity index is 569. The molecule has 1 heterocycles. The molecule has 6 heteroatoms. The number of aromatic nitrogens is 2. The van der Waals surface area contributed by atoms with Crippen molar-refractivity contribution in [3.05, 3.63) is 42.5 Å². The third-order valence-electron chi connectivity index (χ3n) is 3.02. The van der Waals surface area contributed by atoms with E-state index in [1.807, 2.05) is 19.1 Å². The highest BCUT2D eigenvalue weighted by atomic mass is 16.5.